The van der Waals surface area contributed by atoms with Gasteiger partial charge >= 0.3 is 0 Å². The van der Waals surface area contributed by atoms with Crippen LogP contribution in [0.2, 0.25) is 5.02 Å². The molecule has 0 spiro atoms. The molecule has 0 aliphatic carbocycles. The molecule has 1 aromatic heterocycles. The number of nitrogens with zero attached hydrogens (tertiary/aromatic N) is 2. The summed E-state index contributed by atoms with van der Waals surface area (Å²) in [4.78, 5) is 3.85. The Morgan fingerprint density at radius 2 is 2.25 bits per heavy atom. The fraction of sp³-hybridized carbons (Fsp3) is 0.200. The van der Waals surface area contributed by atoms with Crippen molar-refractivity contribution in [1.29, 1.82) is 0 Å². The molecule has 0 atom stereocenters. The van der Waals surface area contributed by atoms with E-state index in [-0.39, 0.29) is 5.02 Å². The van der Waals surface area contributed by atoms with E-state index < -0.39 is 5.82 Å². The fourth-order valence-electron chi connectivity index (χ4n) is 1.24. The van der Waals surface area contributed by atoms with E-state index in [9.17, 15) is 4.39 Å². The maximum atomic E-state index is 12.9. The Hall–Kier alpha value is -1.46. The highest BCUT2D eigenvalue weighted by Gasteiger charge is 2.01. The number of halogens is 2. The quantitative estimate of drug-likeness (QED) is 0.891. The van der Waals surface area contributed by atoms with Gasteiger partial charge in [-0.05, 0) is 17.7 Å². The van der Waals surface area contributed by atoms with Gasteiger partial charge in [0, 0.05) is 6.54 Å². The van der Waals surface area contributed by atoms with Crippen LogP contribution in [0.5, 0.6) is 0 Å². The normalized spacial score (nSPS) is 10.6. The Morgan fingerprint density at radius 1 is 1.38 bits per heavy atom. The van der Waals surface area contributed by atoms with Gasteiger partial charge in [0.25, 0.3) is 0 Å². The molecule has 2 aromatic rings. The standard InChI is InChI=1S/C10H9ClFN3O/c11-8-3-7(1-2-9(8)12)4-13-5-10-14-6-16-15-10/h1-3,6,13H,4-5H2. The SMILES string of the molecule is Fc1ccc(CNCc2ncon2)cc1Cl. The van der Waals surface area contributed by atoms with Gasteiger partial charge in [-0.25, -0.2) is 4.39 Å². The van der Waals surface area contributed by atoms with E-state index >= 15 is 0 Å². The van der Waals surface area contributed by atoms with Crippen molar-refractivity contribution in [2.75, 3.05) is 0 Å². The molecule has 0 aliphatic heterocycles. The first-order valence-electron chi connectivity index (χ1n) is 4.65. The molecule has 0 saturated heterocycles. The molecule has 4 nitrogen and oxygen atoms in total. The summed E-state index contributed by atoms with van der Waals surface area (Å²) >= 11 is 5.65. The van der Waals surface area contributed by atoms with E-state index in [1.165, 1.54) is 12.5 Å². The monoisotopic (exact) mass is 241 g/mol. The number of benzene rings is 1. The van der Waals surface area contributed by atoms with Crippen LogP contribution in [0.15, 0.2) is 29.1 Å². The number of rotatable bonds is 4. The molecule has 1 heterocycles. The van der Waals surface area contributed by atoms with Crippen molar-refractivity contribution in [3.8, 4) is 0 Å². The van der Waals surface area contributed by atoms with E-state index in [0.717, 1.165) is 5.56 Å². The maximum absolute atomic E-state index is 12.9. The van der Waals surface area contributed by atoms with E-state index in [2.05, 4.69) is 20.0 Å². The van der Waals surface area contributed by atoms with Gasteiger partial charge in [-0.3, -0.25) is 0 Å². The lowest BCUT2D eigenvalue weighted by Gasteiger charge is -2.03. The molecule has 0 fully saturated rings. The van der Waals surface area contributed by atoms with Gasteiger partial charge in [-0.2, -0.15) is 4.98 Å². The summed E-state index contributed by atoms with van der Waals surface area (Å²) in [5.74, 6) is 0.164. The molecule has 0 radical (unpaired) electrons. The summed E-state index contributed by atoms with van der Waals surface area (Å²) in [5.41, 5.74) is 0.898. The summed E-state index contributed by atoms with van der Waals surface area (Å²) in [5, 5.41) is 6.85. The van der Waals surface area contributed by atoms with Gasteiger partial charge in [0.2, 0.25) is 6.39 Å². The van der Waals surface area contributed by atoms with Crippen LogP contribution in [-0.2, 0) is 13.1 Å². The second-order valence-electron chi connectivity index (χ2n) is 3.20. The second kappa shape index (κ2) is 5.05. The van der Waals surface area contributed by atoms with Crippen LogP contribution in [0.3, 0.4) is 0 Å². The van der Waals surface area contributed by atoms with Crippen molar-refractivity contribution in [1.82, 2.24) is 15.5 Å². The largest absolute Gasteiger partial charge is 0.343 e. The van der Waals surface area contributed by atoms with Crippen LogP contribution in [-0.4, -0.2) is 10.1 Å². The Balaban J connectivity index is 1.87. The van der Waals surface area contributed by atoms with E-state index in [4.69, 9.17) is 11.6 Å². The van der Waals surface area contributed by atoms with Crippen LogP contribution in [0.25, 0.3) is 0 Å². The molecule has 16 heavy (non-hydrogen) atoms. The summed E-state index contributed by atoms with van der Waals surface area (Å²) < 4.78 is 17.4. The molecule has 1 N–H and O–H groups in total. The van der Waals surface area contributed by atoms with Crippen LogP contribution in [0.1, 0.15) is 11.4 Å². The third-order valence-corrected chi connectivity index (χ3v) is 2.29. The van der Waals surface area contributed by atoms with E-state index in [0.29, 0.717) is 18.9 Å². The van der Waals surface area contributed by atoms with E-state index in [1.807, 2.05) is 0 Å². The summed E-state index contributed by atoms with van der Waals surface area (Å²) in [6, 6.07) is 4.60. The molecule has 1 aromatic carbocycles. The molecule has 84 valence electrons. The van der Waals surface area contributed by atoms with Gasteiger partial charge in [-0.1, -0.05) is 22.8 Å². The lowest BCUT2D eigenvalue weighted by molar-refractivity contribution is 0.407. The first kappa shape index (κ1) is 11.0. The van der Waals surface area contributed by atoms with Crippen molar-refractivity contribution in [3.05, 3.63) is 46.8 Å². The molecule has 0 unspecified atom stereocenters. The Labute approximate surface area is 96.4 Å². The number of hydrogen-bond acceptors (Lipinski definition) is 4. The van der Waals surface area contributed by atoms with Crippen LogP contribution in [0.4, 0.5) is 4.39 Å². The van der Waals surface area contributed by atoms with Crippen molar-refractivity contribution in [2.24, 2.45) is 0 Å². The third-order valence-electron chi connectivity index (χ3n) is 2.00. The number of nitrogens with one attached hydrogen (secondary N) is 1. The predicted molar refractivity (Wildman–Crippen MR) is 56.3 cm³/mol. The van der Waals surface area contributed by atoms with Gasteiger partial charge in [0.05, 0.1) is 11.6 Å². The summed E-state index contributed by atoms with van der Waals surface area (Å²) in [6.07, 6.45) is 1.27. The molecule has 0 saturated carbocycles. The van der Waals surface area contributed by atoms with Gasteiger partial charge < -0.3 is 9.84 Å². The first-order valence-corrected chi connectivity index (χ1v) is 5.03. The van der Waals surface area contributed by atoms with Crippen molar-refractivity contribution in [3.63, 3.8) is 0 Å². The Morgan fingerprint density at radius 3 is 2.94 bits per heavy atom. The van der Waals surface area contributed by atoms with Gasteiger partial charge in [0.1, 0.15) is 5.82 Å². The lowest BCUT2D eigenvalue weighted by Crippen LogP contribution is -2.13. The first-order chi connectivity index (χ1) is 7.75. The second-order valence-corrected chi connectivity index (χ2v) is 3.61. The summed E-state index contributed by atoms with van der Waals surface area (Å²) in [7, 11) is 0. The Kier molecular flexibility index (Phi) is 3.48. The number of aromatic nitrogens is 2. The topological polar surface area (TPSA) is 51.0 Å². The molecule has 6 heteroatoms. The van der Waals surface area contributed by atoms with Crippen molar-refractivity contribution < 1.29 is 8.91 Å². The minimum Gasteiger partial charge on any atom is -0.343 e. The zero-order valence-corrected chi connectivity index (χ0v) is 9.04. The maximum Gasteiger partial charge on any atom is 0.213 e. The average molecular weight is 242 g/mol. The molecular weight excluding hydrogens is 233 g/mol. The minimum absolute atomic E-state index is 0.124. The molecule has 2 rings (SSSR count). The third kappa shape index (κ3) is 2.77. The highest BCUT2D eigenvalue weighted by molar-refractivity contribution is 6.30. The zero-order chi connectivity index (χ0) is 11.4. The smallest absolute Gasteiger partial charge is 0.213 e. The van der Waals surface area contributed by atoms with E-state index in [1.54, 1.807) is 12.1 Å². The van der Waals surface area contributed by atoms with Gasteiger partial charge in [0.15, 0.2) is 5.82 Å². The van der Waals surface area contributed by atoms with Crippen molar-refractivity contribution >= 4 is 11.6 Å². The van der Waals surface area contributed by atoms with Crippen LogP contribution >= 0.6 is 11.6 Å². The van der Waals surface area contributed by atoms with Crippen molar-refractivity contribution in [2.45, 2.75) is 13.1 Å². The Bertz CT molecular complexity index is 461. The lowest BCUT2D eigenvalue weighted by atomic mass is 10.2. The molecular formula is C10H9ClFN3O. The summed E-state index contributed by atoms with van der Waals surface area (Å²) in [6.45, 7) is 1.06. The van der Waals surface area contributed by atoms with Gasteiger partial charge in [-0.15, -0.1) is 0 Å². The molecule has 0 aliphatic rings. The molecule has 0 bridgehead atoms. The number of hydrogen-bond donors (Lipinski definition) is 1. The zero-order valence-electron chi connectivity index (χ0n) is 8.28. The highest BCUT2D eigenvalue weighted by Crippen LogP contribution is 2.15. The molecule has 0 amide bonds. The van der Waals surface area contributed by atoms with Crippen LogP contribution < -0.4 is 5.32 Å². The fourth-order valence-corrected chi connectivity index (χ4v) is 1.44. The van der Waals surface area contributed by atoms with Crippen LogP contribution in [0, 0.1) is 5.82 Å². The predicted octanol–water partition coefficient (Wildman–Crippen LogP) is 2.15. The average Bonchev–Trinajstić information content (AvgIpc) is 2.76. The minimum atomic E-state index is -0.413. The highest BCUT2D eigenvalue weighted by atomic mass is 35.5.